The summed E-state index contributed by atoms with van der Waals surface area (Å²) in [5.74, 6) is 2.14. The van der Waals surface area contributed by atoms with Gasteiger partial charge in [0, 0.05) is 35.9 Å². The van der Waals surface area contributed by atoms with E-state index in [0.717, 1.165) is 36.3 Å². The van der Waals surface area contributed by atoms with Gasteiger partial charge in [-0.2, -0.15) is 0 Å². The normalized spacial score (nSPS) is 16.8. The van der Waals surface area contributed by atoms with E-state index in [1.807, 2.05) is 54.3 Å². The van der Waals surface area contributed by atoms with Crippen LogP contribution in [0.5, 0.6) is 17.2 Å². The number of hydrogen-bond acceptors (Lipinski definition) is 6. The number of benzene rings is 2. The van der Waals surface area contributed by atoms with Gasteiger partial charge in [0.15, 0.2) is 16.6 Å². The summed E-state index contributed by atoms with van der Waals surface area (Å²) in [4.78, 5) is 18.0. The summed E-state index contributed by atoms with van der Waals surface area (Å²) in [6.07, 6.45) is 2.08. The van der Waals surface area contributed by atoms with E-state index in [1.54, 1.807) is 0 Å². The van der Waals surface area contributed by atoms with Crippen LogP contribution in [0.1, 0.15) is 25.3 Å². The highest BCUT2D eigenvalue weighted by Crippen LogP contribution is 2.33. The molecular weight excluding hydrogens is 466 g/mol. The van der Waals surface area contributed by atoms with Gasteiger partial charge in [0.2, 0.25) is 0 Å². The lowest BCUT2D eigenvalue weighted by molar-refractivity contribution is 0.0904. The van der Waals surface area contributed by atoms with E-state index in [-0.39, 0.29) is 11.7 Å². The molecule has 0 aliphatic carbocycles. The Morgan fingerprint density at radius 3 is 2.63 bits per heavy atom. The number of thiocarbonyl (C=S) groups is 1. The largest absolute Gasteiger partial charge is 0.494 e. The molecule has 3 aromatic rings. The summed E-state index contributed by atoms with van der Waals surface area (Å²) < 4.78 is 22.7. The molecule has 2 N–H and O–H groups in total. The second kappa shape index (κ2) is 10.5. The molecule has 2 aliphatic rings. The zero-order valence-corrected chi connectivity index (χ0v) is 20.5. The number of pyridine rings is 1. The van der Waals surface area contributed by atoms with Gasteiger partial charge in [0.1, 0.15) is 19.0 Å². The number of aromatic nitrogens is 1. The first kappa shape index (κ1) is 23.4. The number of aromatic amines is 1. The van der Waals surface area contributed by atoms with Crippen molar-refractivity contribution in [1.29, 1.82) is 0 Å². The van der Waals surface area contributed by atoms with Gasteiger partial charge < -0.3 is 34.1 Å². The molecule has 5 rings (SSSR count). The molecule has 0 spiro atoms. The Bertz CT molecular complexity index is 1250. The van der Waals surface area contributed by atoms with E-state index in [2.05, 4.69) is 10.3 Å². The Morgan fingerprint density at radius 2 is 1.91 bits per heavy atom. The van der Waals surface area contributed by atoms with Crippen molar-refractivity contribution in [2.75, 3.05) is 38.3 Å². The summed E-state index contributed by atoms with van der Waals surface area (Å²) in [6.45, 7) is 5.27. The molecule has 0 amide bonds. The number of nitrogens with zero attached hydrogens (tertiary/aromatic N) is 1. The molecule has 2 aliphatic heterocycles. The SMILES string of the molecule is CCOc1ccc(NC(=S)N(Cc2cc3cc4c(cc3[nH]c2=O)OCCO4)C[C@@H]2CCCO2)cc1. The Kier molecular flexibility index (Phi) is 7.06. The second-order valence-corrected chi connectivity index (χ2v) is 9.00. The van der Waals surface area contributed by atoms with Crippen molar-refractivity contribution < 1.29 is 18.9 Å². The standard InChI is InChI=1S/C26H29N3O5S/c1-2-31-20-7-5-19(6-8-20)27-26(35)29(16-21-4-3-9-32-21)15-18-12-17-13-23-24(34-11-10-33-23)14-22(17)28-25(18)30/h5-8,12-14,21H,2-4,9-11,15-16H2,1H3,(H,27,35)(H,28,30)/t21-/m0/s1. The third-order valence-corrected chi connectivity index (χ3v) is 6.46. The van der Waals surface area contributed by atoms with Crippen LogP contribution in [0, 0.1) is 0 Å². The number of fused-ring (bicyclic) bond motifs is 2. The lowest BCUT2D eigenvalue weighted by Gasteiger charge is -2.28. The first-order chi connectivity index (χ1) is 17.1. The van der Waals surface area contributed by atoms with Crippen molar-refractivity contribution in [2.45, 2.75) is 32.4 Å². The number of ether oxygens (including phenoxy) is 4. The first-order valence-corrected chi connectivity index (χ1v) is 12.4. The number of hydrogen-bond donors (Lipinski definition) is 2. The average molecular weight is 496 g/mol. The zero-order chi connectivity index (χ0) is 24.2. The van der Waals surface area contributed by atoms with E-state index in [9.17, 15) is 4.79 Å². The average Bonchev–Trinajstić information content (AvgIpc) is 3.37. The van der Waals surface area contributed by atoms with Crippen molar-refractivity contribution in [3.05, 3.63) is 58.4 Å². The van der Waals surface area contributed by atoms with E-state index in [4.69, 9.17) is 31.2 Å². The molecule has 3 heterocycles. The van der Waals surface area contributed by atoms with Crippen molar-refractivity contribution in [1.82, 2.24) is 9.88 Å². The highest BCUT2D eigenvalue weighted by atomic mass is 32.1. The van der Waals surface area contributed by atoms with Gasteiger partial charge in [-0.05, 0) is 68.4 Å². The predicted molar refractivity (Wildman–Crippen MR) is 139 cm³/mol. The quantitative estimate of drug-likeness (QED) is 0.475. The molecule has 0 radical (unpaired) electrons. The van der Waals surface area contributed by atoms with Crippen molar-refractivity contribution >= 4 is 33.9 Å². The minimum Gasteiger partial charge on any atom is -0.494 e. The summed E-state index contributed by atoms with van der Waals surface area (Å²) in [7, 11) is 0. The molecule has 2 aromatic carbocycles. The third-order valence-electron chi connectivity index (χ3n) is 6.10. The van der Waals surface area contributed by atoms with Crippen LogP contribution in [0.25, 0.3) is 10.9 Å². The van der Waals surface area contributed by atoms with Crippen LogP contribution in [0.3, 0.4) is 0 Å². The van der Waals surface area contributed by atoms with Gasteiger partial charge in [-0.1, -0.05) is 0 Å². The fraction of sp³-hybridized carbons (Fsp3) is 0.385. The van der Waals surface area contributed by atoms with Crippen LogP contribution in [-0.4, -0.2) is 54.1 Å². The lowest BCUT2D eigenvalue weighted by Crippen LogP contribution is -2.40. The number of anilines is 1. The van der Waals surface area contributed by atoms with Crippen LogP contribution in [0.15, 0.2) is 47.3 Å². The molecule has 184 valence electrons. The lowest BCUT2D eigenvalue weighted by atomic mass is 10.1. The van der Waals surface area contributed by atoms with E-state index >= 15 is 0 Å². The molecule has 0 bridgehead atoms. The maximum absolute atomic E-state index is 13.0. The van der Waals surface area contributed by atoms with Crippen LogP contribution in [0.2, 0.25) is 0 Å². The molecular formula is C26H29N3O5S. The van der Waals surface area contributed by atoms with Crippen LogP contribution < -0.4 is 25.1 Å². The molecule has 35 heavy (non-hydrogen) atoms. The molecule has 0 unspecified atom stereocenters. The molecule has 8 nitrogen and oxygen atoms in total. The molecule has 1 atom stereocenters. The predicted octanol–water partition coefficient (Wildman–Crippen LogP) is 4.08. The van der Waals surface area contributed by atoms with Gasteiger partial charge in [-0.25, -0.2) is 0 Å². The maximum atomic E-state index is 13.0. The summed E-state index contributed by atoms with van der Waals surface area (Å²) in [5.41, 5.74) is 2.02. The smallest absolute Gasteiger partial charge is 0.253 e. The fourth-order valence-corrected chi connectivity index (χ4v) is 4.63. The van der Waals surface area contributed by atoms with Gasteiger partial charge in [-0.3, -0.25) is 4.79 Å². The van der Waals surface area contributed by atoms with E-state index < -0.39 is 0 Å². The maximum Gasteiger partial charge on any atom is 0.253 e. The van der Waals surface area contributed by atoms with Gasteiger partial charge in [-0.15, -0.1) is 0 Å². The number of rotatable bonds is 7. The minimum absolute atomic E-state index is 0.0761. The molecule has 9 heteroatoms. The van der Waals surface area contributed by atoms with Crippen molar-refractivity contribution in [2.24, 2.45) is 0 Å². The molecule has 1 aromatic heterocycles. The zero-order valence-electron chi connectivity index (χ0n) is 19.7. The fourth-order valence-electron chi connectivity index (χ4n) is 4.37. The molecule has 0 saturated carbocycles. The minimum atomic E-state index is -0.157. The van der Waals surface area contributed by atoms with Gasteiger partial charge in [0.25, 0.3) is 5.56 Å². The summed E-state index contributed by atoms with van der Waals surface area (Å²) in [6, 6.07) is 13.3. The van der Waals surface area contributed by atoms with E-state index in [1.165, 1.54) is 0 Å². The van der Waals surface area contributed by atoms with Crippen molar-refractivity contribution in [3.8, 4) is 17.2 Å². The van der Waals surface area contributed by atoms with Crippen molar-refractivity contribution in [3.63, 3.8) is 0 Å². The monoisotopic (exact) mass is 495 g/mol. The summed E-state index contributed by atoms with van der Waals surface area (Å²) >= 11 is 5.77. The Labute approximate surface area is 209 Å². The number of H-pyrrole nitrogens is 1. The second-order valence-electron chi connectivity index (χ2n) is 8.61. The van der Waals surface area contributed by atoms with E-state index in [0.29, 0.717) is 60.6 Å². The third kappa shape index (κ3) is 5.52. The Hall–Kier alpha value is -3.30. The number of nitrogens with one attached hydrogen (secondary N) is 2. The van der Waals surface area contributed by atoms with Gasteiger partial charge >= 0.3 is 0 Å². The van der Waals surface area contributed by atoms with Crippen LogP contribution in [0.4, 0.5) is 5.69 Å². The van der Waals surface area contributed by atoms with Gasteiger partial charge in [0.05, 0.1) is 24.8 Å². The topological polar surface area (TPSA) is 85.1 Å². The molecule has 1 saturated heterocycles. The molecule has 1 fully saturated rings. The first-order valence-electron chi connectivity index (χ1n) is 11.9. The Balaban J connectivity index is 1.38. The highest BCUT2D eigenvalue weighted by Gasteiger charge is 2.23. The highest BCUT2D eigenvalue weighted by molar-refractivity contribution is 7.80. The van der Waals surface area contributed by atoms with Crippen LogP contribution >= 0.6 is 12.2 Å². The van der Waals surface area contributed by atoms with Crippen LogP contribution in [-0.2, 0) is 11.3 Å². The summed E-state index contributed by atoms with van der Waals surface area (Å²) in [5, 5.41) is 4.72. The Morgan fingerprint density at radius 1 is 1.14 bits per heavy atom.